The summed E-state index contributed by atoms with van der Waals surface area (Å²) in [6.45, 7) is 6.50. The molecule has 2 rings (SSSR count). The summed E-state index contributed by atoms with van der Waals surface area (Å²) in [5, 5.41) is 3.08. The van der Waals surface area contributed by atoms with Crippen LogP contribution in [0.2, 0.25) is 0 Å². The van der Waals surface area contributed by atoms with Crippen LogP contribution < -0.4 is 5.32 Å². The molecule has 1 aliphatic carbocycles. The normalized spacial score (nSPS) is 24.2. The van der Waals surface area contributed by atoms with Crippen molar-refractivity contribution in [3.63, 3.8) is 0 Å². The van der Waals surface area contributed by atoms with Crippen molar-refractivity contribution in [2.75, 3.05) is 5.32 Å². The highest BCUT2D eigenvalue weighted by Crippen LogP contribution is 2.39. The molecule has 0 heterocycles. The van der Waals surface area contributed by atoms with Crippen LogP contribution in [0, 0.1) is 11.8 Å². The highest BCUT2D eigenvalue weighted by molar-refractivity contribution is 5.95. The van der Waals surface area contributed by atoms with Crippen LogP contribution in [-0.4, -0.2) is 5.91 Å². The Morgan fingerprint density at radius 3 is 2.71 bits per heavy atom. The number of hydrogen-bond acceptors (Lipinski definition) is 1. The Kier molecular flexibility index (Phi) is 3.51. The van der Waals surface area contributed by atoms with Crippen molar-refractivity contribution in [3.8, 4) is 0 Å². The van der Waals surface area contributed by atoms with Crippen LogP contribution in [0.1, 0.15) is 45.1 Å². The zero-order valence-electron chi connectivity index (χ0n) is 10.9. The van der Waals surface area contributed by atoms with Crippen molar-refractivity contribution in [1.29, 1.82) is 0 Å². The molecular formula is C15H21NO. The fourth-order valence-corrected chi connectivity index (χ4v) is 2.17. The molecule has 0 radical (unpaired) electrons. The van der Waals surface area contributed by atoms with E-state index in [1.54, 1.807) is 0 Å². The van der Waals surface area contributed by atoms with E-state index in [1.165, 1.54) is 5.56 Å². The maximum atomic E-state index is 11.9. The van der Waals surface area contributed by atoms with Gasteiger partial charge in [0.1, 0.15) is 0 Å². The quantitative estimate of drug-likeness (QED) is 0.839. The summed E-state index contributed by atoms with van der Waals surface area (Å²) in [6.07, 6.45) is 2.13. The van der Waals surface area contributed by atoms with Gasteiger partial charge in [-0.15, -0.1) is 0 Å². The molecule has 92 valence electrons. The van der Waals surface area contributed by atoms with Gasteiger partial charge >= 0.3 is 0 Å². The molecule has 1 aliphatic rings. The third-order valence-electron chi connectivity index (χ3n) is 3.81. The number of rotatable bonds is 4. The van der Waals surface area contributed by atoms with Crippen LogP contribution in [-0.2, 0) is 4.79 Å². The van der Waals surface area contributed by atoms with E-state index in [4.69, 9.17) is 0 Å². The molecule has 1 aromatic rings. The largest absolute Gasteiger partial charge is 0.326 e. The number of anilines is 1. The van der Waals surface area contributed by atoms with Crippen molar-refractivity contribution in [2.45, 2.75) is 39.5 Å². The van der Waals surface area contributed by atoms with Crippen LogP contribution in [0.15, 0.2) is 24.3 Å². The number of para-hydroxylation sites is 1. The number of carbonyl (C=O) groups excluding carboxylic acids is 1. The van der Waals surface area contributed by atoms with E-state index in [-0.39, 0.29) is 11.8 Å². The van der Waals surface area contributed by atoms with Crippen LogP contribution >= 0.6 is 0 Å². The minimum atomic E-state index is 0.188. The van der Waals surface area contributed by atoms with E-state index in [0.717, 1.165) is 18.5 Å². The van der Waals surface area contributed by atoms with E-state index < -0.39 is 0 Å². The summed E-state index contributed by atoms with van der Waals surface area (Å²) in [5.74, 6) is 1.47. The van der Waals surface area contributed by atoms with Crippen molar-refractivity contribution >= 4 is 11.6 Å². The van der Waals surface area contributed by atoms with Gasteiger partial charge in [0.05, 0.1) is 0 Å². The molecule has 0 bridgehead atoms. The SMILES string of the molecule is CCC(C)c1ccccc1NC(=O)C1CC1C. The van der Waals surface area contributed by atoms with Gasteiger partial charge in [0.25, 0.3) is 0 Å². The molecule has 2 nitrogen and oxygen atoms in total. The Hall–Kier alpha value is -1.31. The second-order valence-electron chi connectivity index (χ2n) is 5.21. The summed E-state index contributed by atoms with van der Waals surface area (Å²) in [6, 6.07) is 8.14. The lowest BCUT2D eigenvalue weighted by Crippen LogP contribution is -2.16. The van der Waals surface area contributed by atoms with E-state index in [2.05, 4.69) is 32.2 Å². The summed E-state index contributed by atoms with van der Waals surface area (Å²) in [4.78, 5) is 11.9. The van der Waals surface area contributed by atoms with Crippen LogP contribution in [0.3, 0.4) is 0 Å². The first-order chi connectivity index (χ1) is 8.13. The molecule has 3 unspecified atom stereocenters. The topological polar surface area (TPSA) is 29.1 Å². The Morgan fingerprint density at radius 1 is 1.47 bits per heavy atom. The first kappa shape index (κ1) is 12.2. The molecule has 0 aliphatic heterocycles. The molecule has 0 saturated heterocycles. The molecule has 1 fully saturated rings. The maximum Gasteiger partial charge on any atom is 0.227 e. The lowest BCUT2D eigenvalue weighted by molar-refractivity contribution is -0.117. The van der Waals surface area contributed by atoms with Crippen molar-refractivity contribution in [2.24, 2.45) is 11.8 Å². The average Bonchev–Trinajstić information content (AvgIpc) is 3.06. The van der Waals surface area contributed by atoms with Crippen LogP contribution in [0.4, 0.5) is 5.69 Å². The Labute approximate surface area is 103 Å². The average molecular weight is 231 g/mol. The number of benzene rings is 1. The van der Waals surface area contributed by atoms with Crippen molar-refractivity contribution in [1.82, 2.24) is 0 Å². The van der Waals surface area contributed by atoms with Gasteiger partial charge < -0.3 is 5.32 Å². The summed E-state index contributed by atoms with van der Waals surface area (Å²) >= 11 is 0. The zero-order valence-corrected chi connectivity index (χ0v) is 10.9. The van der Waals surface area contributed by atoms with E-state index in [1.807, 2.05) is 18.2 Å². The van der Waals surface area contributed by atoms with Gasteiger partial charge in [-0.2, -0.15) is 0 Å². The molecule has 1 saturated carbocycles. The fraction of sp³-hybridized carbons (Fsp3) is 0.533. The van der Waals surface area contributed by atoms with Crippen LogP contribution in [0.25, 0.3) is 0 Å². The lowest BCUT2D eigenvalue weighted by atomic mass is 9.97. The molecule has 2 heteroatoms. The predicted octanol–water partition coefficient (Wildman–Crippen LogP) is 3.79. The second-order valence-corrected chi connectivity index (χ2v) is 5.21. The molecule has 0 aromatic heterocycles. The third-order valence-corrected chi connectivity index (χ3v) is 3.81. The third kappa shape index (κ3) is 2.68. The van der Waals surface area contributed by atoms with E-state index in [0.29, 0.717) is 11.8 Å². The Balaban J connectivity index is 2.12. The highest BCUT2D eigenvalue weighted by Gasteiger charge is 2.39. The van der Waals surface area contributed by atoms with Gasteiger partial charge in [-0.1, -0.05) is 39.0 Å². The van der Waals surface area contributed by atoms with Crippen LogP contribution in [0.5, 0.6) is 0 Å². The number of hydrogen-bond donors (Lipinski definition) is 1. The molecule has 1 N–H and O–H groups in total. The minimum absolute atomic E-state index is 0.188. The number of carbonyl (C=O) groups is 1. The van der Waals surface area contributed by atoms with Crippen molar-refractivity contribution in [3.05, 3.63) is 29.8 Å². The van der Waals surface area contributed by atoms with E-state index in [9.17, 15) is 4.79 Å². The molecular weight excluding hydrogens is 210 g/mol. The lowest BCUT2D eigenvalue weighted by Gasteiger charge is -2.15. The van der Waals surface area contributed by atoms with Gasteiger partial charge in [-0.3, -0.25) is 4.79 Å². The maximum absolute atomic E-state index is 11.9. The highest BCUT2D eigenvalue weighted by atomic mass is 16.2. The van der Waals surface area contributed by atoms with Gasteiger partial charge in [0, 0.05) is 11.6 Å². The number of amides is 1. The Morgan fingerprint density at radius 2 is 2.12 bits per heavy atom. The van der Waals surface area contributed by atoms with Crippen molar-refractivity contribution < 1.29 is 4.79 Å². The molecule has 1 amide bonds. The smallest absolute Gasteiger partial charge is 0.227 e. The van der Waals surface area contributed by atoms with Gasteiger partial charge in [-0.25, -0.2) is 0 Å². The Bertz CT molecular complexity index is 413. The first-order valence-electron chi connectivity index (χ1n) is 6.53. The number of nitrogens with one attached hydrogen (secondary N) is 1. The van der Waals surface area contributed by atoms with Gasteiger partial charge in [0.15, 0.2) is 0 Å². The monoisotopic (exact) mass is 231 g/mol. The predicted molar refractivity (Wildman–Crippen MR) is 71.0 cm³/mol. The molecule has 0 spiro atoms. The fourth-order valence-electron chi connectivity index (χ4n) is 2.17. The van der Waals surface area contributed by atoms with E-state index >= 15 is 0 Å². The minimum Gasteiger partial charge on any atom is -0.326 e. The summed E-state index contributed by atoms with van der Waals surface area (Å²) in [7, 11) is 0. The van der Waals surface area contributed by atoms with Gasteiger partial charge in [-0.05, 0) is 36.3 Å². The second kappa shape index (κ2) is 4.91. The van der Waals surface area contributed by atoms with Gasteiger partial charge in [0.2, 0.25) is 5.91 Å². The standard InChI is InChI=1S/C15H21NO/c1-4-10(2)12-7-5-6-8-14(12)16-15(17)13-9-11(13)3/h5-8,10-11,13H,4,9H2,1-3H3,(H,16,17). The summed E-state index contributed by atoms with van der Waals surface area (Å²) in [5.41, 5.74) is 2.24. The first-order valence-corrected chi connectivity index (χ1v) is 6.53. The molecule has 1 aromatic carbocycles. The molecule has 3 atom stereocenters. The summed E-state index contributed by atoms with van der Waals surface area (Å²) < 4.78 is 0. The molecule has 17 heavy (non-hydrogen) atoms. The zero-order chi connectivity index (χ0) is 12.4.